The van der Waals surface area contributed by atoms with Gasteiger partial charge in [-0.3, -0.25) is 4.79 Å². The van der Waals surface area contributed by atoms with Crippen LogP contribution in [0.3, 0.4) is 0 Å². The summed E-state index contributed by atoms with van der Waals surface area (Å²) in [6.45, 7) is 1.57. The molecule has 0 saturated carbocycles. The predicted molar refractivity (Wildman–Crippen MR) is 68.3 cm³/mol. The first kappa shape index (κ1) is 12.2. The zero-order chi connectivity index (χ0) is 11.1. The van der Waals surface area contributed by atoms with Crippen LogP contribution in [0.5, 0.6) is 0 Å². The van der Waals surface area contributed by atoms with Crippen LogP contribution < -0.4 is 0 Å². The van der Waals surface area contributed by atoms with Gasteiger partial charge in [0.25, 0.3) is 0 Å². The van der Waals surface area contributed by atoms with E-state index in [-0.39, 0.29) is 5.12 Å². The molecule has 0 fully saturated rings. The largest absolute Gasteiger partial charge is 0.288 e. The molecular weight excluding hydrogens is 224 g/mol. The van der Waals surface area contributed by atoms with E-state index in [9.17, 15) is 4.79 Å². The minimum atomic E-state index is 0.145. The van der Waals surface area contributed by atoms with Crippen LogP contribution in [0.4, 0.5) is 0 Å². The van der Waals surface area contributed by atoms with Gasteiger partial charge in [-0.2, -0.15) is 0 Å². The van der Waals surface area contributed by atoms with Crippen LogP contribution >= 0.6 is 24.4 Å². The summed E-state index contributed by atoms with van der Waals surface area (Å²) in [5, 5.41) is 0.145. The number of hydrogen-bond donors (Lipinski definition) is 1. The lowest BCUT2D eigenvalue weighted by atomic mass is 10.2. The normalized spacial score (nSPS) is 9.20. The minimum absolute atomic E-state index is 0.145. The second-order valence-corrected chi connectivity index (χ2v) is 4.66. The smallest absolute Gasteiger partial charge is 0.185 e. The van der Waals surface area contributed by atoms with E-state index in [1.54, 1.807) is 6.92 Å². The summed E-state index contributed by atoms with van der Waals surface area (Å²) in [5.41, 5.74) is 0.939. The number of rotatable bonds is 2. The minimum Gasteiger partial charge on any atom is -0.288 e. The van der Waals surface area contributed by atoms with Gasteiger partial charge in [-0.05, 0) is 12.1 Å². The highest BCUT2D eigenvalue weighted by atomic mass is 32.2. The van der Waals surface area contributed by atoms with Crippen molar-refractivity contribution in [2.75, 3.05) is 5.75 Å². The van der Waals surface area contributed by atoms with Gasteiger partial charge in [0.2, 0.25) is 0 Å². The molecule has 3 heteroatoms. The number of thiol groups is 1. The summed E-state index contributed by atoms with van der Waals surface area (Å²) in [6, 6.07) is 7.72. The highest BCUT2D eigenvalue weighted by Crippen LogP contribution is 2.11. The lowest BCUT2D eigenvalue weighted by molar-refractivity contribution is -0.109. The van der Waals surface area contributed by atoms with E-state index >= 15 is 0 Å². The molecule has 0 heterocycles. The molecule has 0 aliphatic heterocycles. The third-order valence-corrected chi connectivity index (χ3v) is 2.86. The highest BCUT2D eigenvalue weighted by Gasteiger charge is 1.92. The molecular formula is C12H12OS2. The van der Waals surface area contributed by atoms with Crippen molar-refractivity contribution >= 4 is 29.5 Å². The summed E-state index contributed by atoms with van der Waals surface area (Å²) < 4.78 is 0. The molecule has 1 nitrogen and oxygen atoms in total. The first-order valence-electron chi connectivity index (χ1n) is 4.60. The zero-order valence-electron chi connectivity index (χ0n) is 8.49. The first-order valence-corrected chi connectivity index (χ1v) is 6.03. The summed E-state index contributed by atoms with van der Waals surface area (Å²) in [7, 11) is 0. The zero-order valence-corrected chi connectivity index (χ0v) is 10.2. The van der Waals surface area contributed by atoms with Gasteiger partial charge < -0.3 is 0 Å². The van der Waals surface area contributed by atoms with Crippen molar-refractivity contribution in [2.45, 2.75) is 18.2 Å². The van der Waals surface area contributed by atoms with E-state index in [1.807, 2.05) is 24.3 Å². The van der Waals surface area contributed by atoms with Crippen LogP contribution in [0.1, 0.15) is 18.9 Å². The molecule has 0 spiro atoms. The van der Waals surface area contributed by atoms with Crippen molar-refractivity contribution < 1.29 is 4.79 Å². The summed E-state index contributed by atoms with van der Waals surface area (Å²) >= 11 is 5.60. The van der Waals surface area contributed by atoms with Crippen LogP contribution in [0, 0.1) is 11.8 Å². The van der Waals surface area contributed by atoms with Crippen molar-refractivity contribution in [1.29, 1.82) is 0 Å². The van der Waals surface area contributed by atoms with E-state index in [0.29, 0.717) is 0 Å². The van der Waals surface area contributed by atoms with Gasteiger partial charge in [0, 0.05) is 29.6 Å². The average Bonchev–Trinajstić information content (AvgIpc) is 2.20. The Balaban J connectivity index is 2.45. The lowest BCUT2D eigenvalue weighted by Crippen LogP contribution is -1.84. The van der Waals surface area contributed by atoms with E-state index < -0.39 is 0 Å². The summed E-state index contributed by atoms with van der Waals surface area (Å²) in [5.74, 6) is 6.82. The molecule has 0 unspecified atom stereocenters. The van der Waals surface area contributed by atoms with Crippen LogP contribution in [0.15, 0.2) is 29.2 Å². The molecule has 1 rings (SSSR count). The topological polar surface area (TPSA) is 17.1 Å². The monoisotopic (exact) mass is 236 g/mol. The Labute approximate surface area is 100 Å². The molecule has 0 saturated heterocycles. The van der Waals surface area contributed by atoms with E-state index in [1.165, 1.54) is 11.8 Å². The van der Waals surface area contributed by atoms with Crippen molar-refractivity contribution in [3.05, 3.63) is 29.8 Å². The Kier molecular flexibility index (Phi) is 5.38. The Bertz CT molecular complexity index is 402. The first-order chi connectivity index (χ1) is 7.20. The van der Waals surface area contributed by atoms with E-state index in [2.05, 4.69) is 24.5 Å². The standard InChI is InChI=1S/C12H12OS2/c1-10(13)15-9-5-4-7-11-6-2-3-8-12(11)14/h2-3,6,8,14H,5,9H2,1H3. The number of carbonyl (C=O) groups excluding carboxylic acids is 1. The Morgan fingerprint density at radius 2 is 2.20 bits per heavy atom. The van der Waals surface area contributed by atoms with Crippen LogP contribution in [-0.4, -0.2) is 10.9 Å². The van der Waals surface area contributed by atoms with Gasteiger partial charge >= 0.3 is 0 Å². The molecule has 0 aliphatic carbocycles. The molecule has 0 radical (unpaired) electrons. The summed E-state index contributed by atoms with van der Waals surface area (Å²) in [6.07, 6.45) is 0.729. The van der Waals surface area contributed by atoms with Crippen molar-refractivity contribution in [1.82, 2.24) is 0 Å². The number of hydrogen-bond acceptors (Lipinski definition) is 3. The Hall–Kier alpha value is -0.850. The van der Waals surface area contributed by atoms with Gasteiger partial charge in [-0.1, -0.05) is 35.7 Å². The van der Waals surface area contributed by atoms with Gasteiger partial charge in [0.1, 0.15) is 0 Å². The fourth-order valence-electron chi connectivity index (χ4n) is 0.983. The molecule has 0 bridgehead atoms. The van der Waals surface area contributed by atoms with Crippen LogP contribution in [-0.2, 0) is 4.79 Å². The third-order valence-electron chi connectivity index (χ3n) is 1.66. The van der Waals surface area contributed by atoms with Crippen molar-refractivity contribution in [3.63, 3.8) is 0 Å². The Morgan fingerprint density at radius 3 is 2.87 bits per heavy atom. The van der Waals surface area contributed by atoms with Crippen molar-refractivity contribution in [3.8, 4) is 11.8 Å². The van der Waals surface area contributed by atoms with Gasteiger partial charge in [0.05, 0.1) is 0 Å². The maximum absolute atomic E-state index is 10.6. The molecule has 0 N–H and O–H groups in total. The maximum Gasteiger partial charge on any atom is 0.185 e. The molecule has 0 amide bonds. The molecule has 1 aromatic rings. The Morgan fingerprint density at radius 1 is 1.47 bits per heavy atom. The van der Waals surface area contributed by atoms with Crippen molar-refractivity contribution in [2.24, 2.45) is 0 Å². The number of carbonyl (C=O) groups is 1. The predicted octanol–water partition coefficient (Wildman–Crippen LogP) is 3.00. The van der Waals surface area contributed by atoms with E-state index in [0.717, 1.165) is 22.6 Å². The molecule has 0 atom stereocenters. The van der Waals surface area contributed by atoms with Crippen LogP contribution in [0.2, 0.25) is 0 Å². The number of benzene rings is 1. The molecule has 1 aromatic carbocycles. The second kappa shape index (κ2) is 6.60. The van der Waals surface area contributed by atoms with Gasteiger partial charge in [-0.15, -0.1) is 12.6 Å². The fourth-order valence-corrected chi connectivity index (χ4v) is 1.69. The second-order valence-electron chi connectivity index (χ2n) is 2.91. The van der Waals surface area contributed by atoms with Crippen LogP contribution in [0.25, 0.3) is 0 Å². The van der Waals surface area contributed by atoms with Gasteiger partial charge in [0.15, 0.2) is 5.12 Å². The fraction of sp³-hybridized carbons (Fsp3) is 0.250. The highest BCUT2D eigenvalue weighted by molar-refractivity contribution is 8.13. The number of thioether (sulfide) groups is 1. The lowest BCUT2D eigenvalue weighted by Gasteiger charge is -1.94. The quantitative estimate of drug-likeness (QED) is 0.483. The molecule has 0 aromatic heterocycles. The third kappa shape index (κ3) is 4.96. The average molecular weight is 236 g/mol. The molecule has 78 valence electrons. The summed E-state index contributed by atoms with van der Waals surface area (Å²) in [4.78, 5) is 11.5. The van der Waals surface area contributed by atoms with E-state index in [4.69, 9.17) is 0 Å². The maximum atomic E-state index is 10.6. The SMILES string of the molecule is CC(=O)SCCC#Cc1ccccc1S. The van der Waals surface area contributed by atoms with Gasteiger partial charge in [-0.25, -0.2) is 0 Å². The molecule has 15 heavy (non-hydrogen) atoms. The molecule has 0 aliphatic rings.